The van der Waals surface area contributed by atoms with E-state index in [2.05, 4.69) is 20.9 Å². The van der Waals surface area contributed by atoms with E-state index in [9.17, 15) is 29.4 Å². The van der Waals surface area contributed by atoms with Crippen molar-refractivity contribution in [3.05, 3.63) is 36.0 Å². The van der Waals surface area contributed by atoms with E-state index >= 15 is 0 Å². The van der Waals surface area contributed by atoms with E-state index in [4.69, 9.17) is 17.2 Å². The molecule has 5 unspecified atom stereocenters. The molecule has 0 aliphatic carbocycles. The highest BCUT2D eigenvalue weighted by atomic mass is 16.4. The number of para-hydroxylation sites is 1. The van der Waals surface area contributed by atoms with E-state index in [1.165, 1.54) is 6.92 Å². The van der Waals surface area contributed by atoms with Crippen LogP contribution in [0.2, 0.25) is 0 Å². The summed E-state index contributed by atoms with van der Waals surface area (Å²) in [7, 11) is 0. The van der Waals surface area contributed by atoms with Crippen molar-refractivity contribution in [1.82, 2.24) is 20.9 Å². The monoisotopic (exact) mass is 561 g/mol. The highest BCUT2D eigenvalue weighted by Crippen LogP contribution is 2.19. The minimum absolute atomic E-state index is 0.111. The van der Waals surface area contributed by atoms with E-state index < -0.39 is 54.0 Å². The van der Waals surface area contributed by atoms with Crippen LogP contribution in [-0.2, 0) is 25.6 Å². The Balaban J connectivity index is 2.28. The lowest BCUT2D eigenvalue weighted by Crippen LogP contribution is -2.58. The van der Waals surface area contributed by atoms with Crippen molar-refractivity contribution in [3.63, 3.8) is 0 Å². The van der Waals surface area contributed by atoms with Gasteiger partial charge in [0.05, 0.1) is 12.1 Å². The van der Waals surface area contributed by atoms with Gasteiger partial charge in [-0.25, -0.2) is 4.79 Å². The molecule has 0 saturated heterocycles. The lowest BCUT2D eigenvalue weighted by Gasteiger charge is -2.26. The SMILES string of the molecule is CC(O)C(NC(=O)C(CCCCN)NC(=O)C(Cc1c[nH]c2ccccc12)NC(=O)C(N)CCCCN)C(=O)O. The average molecular weight is 562 g/mol. The van der Waals surface area contributed by atoms with E-state index in [-0.39, 0.29) is 12.8 Å². The van der Waals surface area contributed by atoms with Crippen molar-refractivity contribution < 1.29 is 29.4 Å². The number of carbonyl (C=O) groups excluding carboxylic acids is 3. The van der Waals surface area contributed by atoms with Crippen LogP contribution in [-0.4, -0.2) is 82.2 Å². The third kappa shape index (κ3) is 9.90. The van der Waals surface area contributed by atoms with Gasteiger partial charge in [0.1, 0.15) is 12.1 Å². The molecular weight excluding hydrogens is 518 g/mol. The number of carboxylic acid groups (broad SMARTS) is 1. The second kappa shape index (κ2) is 16.6. The number of hydrogen-bond acceptors (Lipinski definition) is 8. The molecule has 0 radical (unpaired) electrons. The Hall–Kier alpha value is -3.52. The molecule has 0 spiro atoms. The van der Waals surface area contributed by atoms with E-state index in [1.807, 2.05) is 24.3 Å². The molecule has 1 aromatic carbocycles. The van der Waals surface area contributed by atoms with Gasteiger partial charge >= 0.3 is 5.97 Å². The van der Waals surface area contributed by atoms with Crippen molar-refractivity contribution in [3.8, 4) is 0 Å². The first-order valence-electron chi connectivity index (χ1n) is 13.6. The maximum absolute atomic E-state index is 13.6. The first kappa shape index (κ1) is 32.7. The maximum atomic E-state index is 13.6. The summed E-state index contributed by atoms with van der Waals surface area (Å²) in [5.41, 5.74) is 18.8. The van der Waals surface area contributed by atoms with Gasteiger partial charge in [-0.05, 0) is 63.7 Å². The molecule has 0 aliphatic heterocycles. The first-order valence-corrected chi connectivity index (χ1v) is 13.6. The number of unbranched alkanes of at least 4 members (excludes halogenated alkanes) is 2. The summed E-state index contributed by atoms with van der Waals surface area (Å²) in [6, 6.07) is 2.90. The smallest absolute Gasteiger partial charge is 0.328 e. The van der Waals surface area contributed by atoms with Crippen LogP contribution in [0.3, 0.4) is 0 Å². The Labute approximate surface area is 233 Å². The number of aliphatic hydroxyl groups is 1. The number of amides is 3. The number of aromatic amines is 1. The summed E-state index contributed by atoms with van der Waals surface area (Å²) in [4.78, 5) is 54.2. The fourth-order valence-corrected chi connectivity index (χ4v) is 4.32. The molecule has 1 aromatic heterocycles. The zero-order chi connectivity index (χ0) is 29.7. The second-order valence-corrected chi connectivity index (χ2v) is 9.93. The summed E-state index contributed by atoms with van der Waals surface area (Å²) in [5, 5.41) is 27.7. The van der Waals surface area contributed by atoms with Crippen LogP contribution in [0.15, 0.2) is 30.5 Å². The van der Waals surface area contributed by atoms with Gasteiger partial charge in [-0.1, -0.05) is 24.6 Å². The topological polar surface area (TPSA) is 239 Å². The van der Waals surface area contributed by atoms with Crippen LogP contribution < -0.4 is 33.2 Å². The number of carbonyl (C=O) groups is 4. The minimum atomic E-state index is -1.56. The number of rotatable bonds is 18. The van der Waals surface area contributed by atoms with Crippen LogP contribution in [0.5, 0.6) is 0 Å². The van der Waals surface area contributed by atoms with Crippen LogP contribution >= 0.6 is 0 Å². The van der Waals surface area contributed by atoms with Gasteiger partial charge in [0.25, 0.3) is 0 Å². The summed E-state index contributed by atoms with van der Waals surface area (Å²) in [6.07, 6.45) is 3.49. The zero-order valence-corrected chi connectivity index (χ0v) is 22.9. The summed E-state index contributed by atoms with van der Waals surface area (Å²) in [6.45, 7) is 2.09. The highest BCUT2D eigenvalue weighted by Gasteiger charge is 2.32. The summed E-state index contributed by atoms with van der Waals surface area (Å²) >= 11 is 0. The summed E-state index contributed by atoms with van der Waals surface area (Å²) < 4.78 is 0. The quantitative estimate of drug-likeness (QED) is 0.104. The third-order valence-corrected chi connectivity index (χ3v) is 6.66. The van der Waals surface area contributed by atoms with Gasteiger partial charge in [0.2, 0.25) is 17.7 Å². The molecule has 12 N–H and O–H groups in total. The number of aromatic nitrogens is 1. The Bertz CT molecular complexity index is 1120. The predicted octanol–water partition coefficient (Wildman–Crippen LogP) is -0.784. The van der Waals surface area contributed by atoms with Crippen LogP contribution in [0, 0.1) is 0 Å². The lowest BCUT2D eigenvalue weighted by atomic mass is 10.0. The number of hydrogen-bond donors (Lipinski definition) is 9. The van der Waals surface area contributed by atoms with Crippen LogP contribution in [0.4, 0.5) is 0 Å². The molecule has 13 heteroatoms. The molecule has 5 atom stereocenters. The number of benzene rings is 1. The van der Waals surface area contributed by atoms with Gasteiger partial charge < -0.3 is 48.3 Å². The first-order chi connectivity index (χ1) is 19.1. The number of carboxylic acids is 1. The average Bonchev–Trinajstić information content (AvgIpc) is 3.33. The van der Waals surface area contributed by atoms with E-state index in [1.54, 1.807) is 6.20 Å². The number of nitrogens with two attached hydrogens (primary N) is 3. The predicted molar refractivity (Wildman–Crippen MR) is 151 cm³/mol. The van der Waals surface area contributed by atoms with Crippen LogP contribution in [0.1, 0.15) is 51.0 Å². The molecule has 0 fully saturated rings. The Morgan fingerprint density at radius 1 is 0.875 bits per heavy atom. The molecule has 222 valence electrons. The van der Waals surface area contributed by atoms with Crippen molar-refractivity contribution in [2.24, 2.45) is 17.2 Å². The number of H-pyrrole nitrogens is 1. The van der Waals surface area contributed by atoms with E-state index in [0.717, 1.165) is 16.5 Å². The fraction of sp³-hybridized carbons (Fsp3) is 0.556. The van der Waals surface area contributed by atoms with Crippen molar-refractivity contribution >= 4 is 34.6 Å². The number of aliphatic carboxylic acids is 1. The van der Waals surface area contributed by atoms with E-state index in [0.29, 0.717) is 45.2 Å². The maximum Gasteiger partial charge on any atom is 0.328 e. The molecule has 2 aromatic rings. The zero-order valence-electron chi connectivity index (χ0n) is 22.9. The minimum Gasteiger partial charge on any atom is -0.480 e. The molecule has 0 saturated carbocycles. The largest absolute Gasteiger partial charge is 0.480 e. The standard InChI is InChI=1S/C27H43N7O6/c1-16(35)23(27(39)40)34-25(37)21(11-5-7-13-29)32-26(38)22(33-24(36)19(30)9-4-6-12-28)14-17-15-31-20-10-3-2-8-18(17)20/h2-3,8,10,15-16,19,21-23,31,35H,4-7,9,11-14,28-30H2,1H3,(H,32,38)(H,33,36)(H,34,37)(H,39,40). The fourth-order valence-electron chi connectivity index (χ4n) is 4.32. The molecule has 40 heavy (non-hydrogen) atoms. The molecule has 2 rings (SSSR count). The molecule has 13 nitrogen and oxygen atoms in total. The van der Waals surface area contributed by atoms with Crippen molar-refractivity contribution in [2.75, 3.05) is 13.1 Å². The van der Waals surface area contributed by atoms with Gasteiger partial charge in [0.15, 0.2) is 6.04 Å². The highest BCUT2D eigenvalue weighted by molar-refractivity contribution is 5.95. The van der Waals surface area contributed by atoms with Gasteiger partial charge in [-0.15, -0.1) is 0 Å². The molecule has 3 amide bonds. The normalized spacial score (nSPS) is 15.0. The molecular formula is C27H43N7O6. The molecule has 1 heterocycles. The summed E-state index contributed by atoms with van der Waals surface area (Å²) in [5.74, 6) is -3.33. The van der Waals surface area contributed by atoms with Gasteiger partial charge in [0, 0.05) is 23.5 Å². The lowest BCUT2D eigenvalue weighted by molar-refractivity contribution is -0.145. The Kier molecular flexibility index (Phi) is 13.5. The van der Waals surface area contributed by atoms with Gasteiger partial charge in [-0.3, -0.25) is 14.4 Å². The third-order valence-electron chi connectivity index (χ3n) is 6.66. The second-order valence-electron chi connectivity index (χ2n) is 9.93. The number of aliphatic hydroxyl groups excluding tert-OH is 1. The molecule has 0 bridgehead atoms. The number of fused-ring (bicyclic) bond motifs is 1. The van der Waals surface area contributed by atoms with Crippen molar-refractivity contribution in [1.29, 1.82) is 0 Å². The Morgan fingerprint density at radius 3 is 2.10 bits per heavy atom. The van der Waals surface area contributed by atoms with Gasteiger partial charge in [-0.2, -0.15) is 0 Å². The van der Waals surface area contributed by atoms with Crippen LogP contribution in [0.25, 0.3) is 10.9 Å². The number of nitrogens with one attached hydrogen (secondary N) is 4. The van der Waals surface area contributed by atoms with Crippen molar-refractivity contribution in [2.45, 2.75) is 82.1 Å². The molecule has 0 aliphatic rings. The Morgan fingerprint density at radius 2 is 1.48 bits per heavy atom.